The Morgan fingerprint density at radius 2 is 1.51 bits per heavy atom. The summed E-state index contributed by atoms with van der Waals surface area (Å²) in [5.74, 6) is -2.27. The molecule has 0 aromatic heterocycles. The van der Waals surface area contributed by atoms with Crippen LogP contribution < -0.4 is 10.6 Å². The summed E-state index contributed by atoms with van der Waals surface area (Å²) in [7, 11) is 1.16. The molecule has 0 saturated carbocycles. The molecule has 2 aromatic rings. The van der Waals surface area contributed by atoms with Crippen molar-refractivity contribution in [3.05, 3.63) is 59.7 Å². The summed E-state index contributed by atoms with van der Waals surface area (Å²) in [6.45, 7) is 3.68. The number of aromatic hydroxyl groups is 2. The number of alkyl carbamates (subject to hydrolysis) is 1. The zero-order valence-electron chi connectivity index (χ0n) is 22.3. The maximum absolute atomic E-state index is 14.0. The lowest BCUT2D eigenvalue weighted by Crippen LogP contribution is -2.54. The summed E-state index contributed by atoms with van der Waals surface area (Å²) in [5, 5.41) is 34.2. The van der Waals surface area contributed by atoms with Crippen molar-refractivity contribution in [2.24, 2.45) is 0 Å². The van der Waals surface area contributed by atoms with Crippen molar-refractivity contribution < 1.29 is 44.0 Å². The highest BCUT2D eigenvalue weighted by molar-refractivity contribution is 5.93. The number of carbonyl (C=O) groups is 4. The average Bonchev–Trinajstić information content (AvgIpc) is 2.87. The Morgan fingerprint density at radius 3 is 2.03 bits per heavy atom. The normalized spacial score (nSPS) is 12.5. The number of phenols is 2. The number of methoxy groups -OCH3 is 1. The summed E-state index contributed by atoms with van der Waals surface area (Å²) < 4.78 is 9.90. The lowest BCUT2D eigenvalue weighted by molar-refractivity contribution is -0.145. The summed E-state index contributed by atoms with van der Waals surface area (Å²) in [6.07, 6.45) is -0.910. The van der Waals surface area contributed by atoms with Crippen LogP contribution in [0.4, 0.5) is 4.79 Å². The van der Waals surface area contributed by atoms with Gasteiger partial charge in [-0.25, -0.2) is 4.79 Å². The number of carbonyl (C=O) groups excluding carboxylic acids is 4. The van der Waals surface area contributed by atoms with E-state index < -0.39 is 54.7 Å². The van der Waals surface area contributed by atoms with Gasteiger partial charge >= 0.3 is 12.1 Å². The van der Waals surface area contributed by atoms with Gasteiger partial charge in [-0.2, -0.15) is 0 Å². The van der Waals surface area contributed by atoms with Crippen LogP contribution in [0.25, 0.3) is 0 Å². The van der Waals surface area contributed by atoms with Crippen molar-refractivity contribution in [2.75, 3.05) is 26.8 Å². The van der Waals surface area contributed by atoms with Gasteiger partial charge in [-0.15, -0.1) is 0 Å². The SMILES string of the molecule is COC(=O)CNC(=O)C(c1ccc(O)cc1)N(CCO)C(=O)C(Cc1ccc(O)cc1)NC(=O)OC(C)(C)C. The third-order valence-electron chi connectivity index (χ3n) is 5.39. The lowest BCUT2D eigenvalue weighted by atomic mass is 10.00. The predicted molar refractivity (Wildman–Crippen MR) is 140 cm³/mol. The van der Waals surface area contributed by atoms with Crippen molar-refractivity contribution in [3.8, 4) is 11.5 Å². The molecular weight excluding hydrogens is 510 g/mol. The molecule has 0 aliphatic heterocycles. The van der Waals surface area contributed by atoms with Gasteiger partial charge in [0.2, 0.25) is 11.8 Å². The third-order valence-corrected chi connectivity index (χ3v) is 5.39. The number of aliphatic hydroxyl groups excluding tert-OH is 1. The smallest absolute Gasteiger partial charge is 0.408 e. The van der Waals surface area contributed by atoms with Crippen molar-refractivity contribution in [1.29, 1.82) is 0 Å². The molecule has 0 fully saturated rings. The number of benzene rings is 2. The largest absolute Gasteiger partial charge is 0.508 e. The summed E-state index contributed by atoms with van der Waals surface area (Å²) >= 11 is 0. The van der Waals surface area contributed by atoms with Crippen LogP contribution in [0.15, 0.2) is 48.5 Å². The lowest BCUT2D eigenvalue weighted by Gasteiger charge is -2.34. The fraction of sp³-hybridized carbons (Fsp3) is 0.407. The molecule has 12 heteroatoms. The molecule has 12 nitrogen and oxygen atoms in total. The number of hydrogen-bond acceptors (Lipinski definition) is 9. The minimum Gasteiger partial charge on any atom is -0.508 e. The highest BCUT2D eigenvalue weighted by Gasteiger charge is 2.36. The number of ether oxygens (including phenoxy) is 2. The Kier molecular flexibility index (Phi) is 11.1. The van der Waals surface area contributed by atoms with E-state index in [9.17, 15) is 34.5 Å². The van der Waals surface area contributed by atoms with E-state index in [-0.39, 0.29) is 30.0 Å². The fourth-order valence-corrected chi connectivity index (χ4v) is 3.65. The van der Waals surface area contributed by atoms with E-state index in [1.807, 2.05) is 0 Å². The summed E-state index contributed by atoms with van der Waals surface area (Å²) in [4.78, 5) is 52.7. The number of rotatable bonds is 11. The first kappa shape index (κ1) is 30.9. The average molecular weight is 546 g/mol. The molecule has 0 spiro atoms. The van der Waals surface area contributed by atoms with Gasteiger partial charge in [-0.1, -0.05) is 24.3 Å². The van der Waals surface area contributed by atoms with E-state index in [1.54, 1.807) is 32.9 Å². The molecule has 0 saturated heterocycles. The zero-order chi connectivity index (χ0) is 29.2. The second-order valence-electron chi connectivity index (χ2n) is 9.61. The van der Waals surface area contributed by atoms with Gasteiger partial charge in [0.05, 0.1) is 13.7 Å². The highest BCUT2D eigenvalue weighted by atomic mass is 16.6. The first-order valence-electron chi connectivity index (χ1n) is 12.2. The van der Waals surface area contributed by atoms with Crippen LogP contribution in [0.1, 0.15) is 37.9 Å². The second kappa shape index (κ2) is 14.0. The molecule has 0 bridgehead atoms. The van der Waals surface area contributed by atoms with Crippen molar-refractivity contribution in [2.45, 2.75) is 44.9 Å². The van der Waals surface area contributed by atoms with Crippen LogP contribution in [0.5, 0.6) is 11.5 Å². The number of amides is 3. The molecule has 3 amide bonds. The van der Waals surface area contributed by atoms with E-state index in [2.05, 4.69) is 15.4 Å². The van der Waals surface area contributed by atoms with E-state index in [0.717, 1.165) is 12.0 Å². The molecule has 39 heavy (non-hydrogen) atoms. The Balaban J connectivity index is 2.50. The van der Waals surface area contributed by atoms with Crippen LogP contribution in [0, 0.1) is 0 Å². The zero-order valence-corrected chi connectivity index (χ0v) is 22.3. The number of aliphatic hydroxyl groups is 1. The number of nitrogens with zero attached hydrogens (tertiary/aromatic N) is 1. The molecule has 0 aliphatic rings. The first-order chi connectivity index (χ1) is 18.3. The van der Waals surface area contributed by atoms with Gasteiger partial charge in [0, 0.05) is 13.0 Å². The number of phenolic OH excluding ortho intramolecular Hbond substituents is 2. The minimum atomic E-state index is -1.35. The van der Waals surface area contributed by atoms with Crippen LogP contribution in [-0.2, 0) is 30.3 Å². The number of hydrogen-bond donors (Lipinski definition) is 5. The molecular formula is C27H35N3O9. The molecule has 0 radical (unpaired) electrons. The molecule has 2 aromatic carbocycles. The van der Waals surface area contributed by atoms with Gasteiger partial charge in [0.25, 0.3) is 0 Å². The summed E-state index contributed by atoms with van der Waals surface area (Å²) in [5.41, 5.74) is 0.00342. The monoisotopic (exact) mass is 545 g/mol. The number of nitrogens with one attached hydrogen (secondary N) is 2. The topological polar surface area (TPSA) is 175 Å². The standard InChI is InChI=1S/C27H35N3O9/c1-27(2,3)39-26(37)29-21(15-17-5-9-19(32)10-6-17)25(36)30(13-14-31)23(18-7-11-20(33)12-8-18)24(35)28-16-22(34)38-4/h5-12,21,23,31-33H,13-16H2,1-4H3,(H,28,35)(H,29,37). The Labute approximate surface area is 226 Å². The first-order valence-corrected chi connectivity index (χ1v) is 12.2. The Morgan fingerprint density at radius 1 is 0.949 bits per heavy atom. The molecule has 212 valence electrons. The van der Waals surface area contributed by atoms with Crippen molar-refractivity contribution in [3.63, 3.8) is 0 Å². The molecule has 0 aliphatic carbocycles. The van der Waals surface area contributed by atoms with Crippen molar-refractivity contribution >= 4 is 23.9 Å². The minimum absolute atomic E-state index is 0.0123. The maximum atomic E-state index is 14.0. The summed E-state index contributed by atoms with van der Waals surface area (Å²) in [6, 6.07) is 8.89. The third kappa shape index (κ3) is 9.82. The number of esters is 1. The maximum Gasteiger partial charge on any atom is 0.408 e. The highest BCUT2D eigenvalue weighted by Crippen LogP contribution is 2.25. The Bertz CT molecular complexity index is 1130. The molecule has 5 N–H and O–H groups in total. The van der Waals surface area contributed by atoms with E-state index in [4.69, 9.17) is 4.74 Å². The van der Waals surface area contributed by atoms with Gasteiger partial charge in [-0.05, 0) is 56.2 Å². The van der Waals surface area contributed by atoms with E-state index in [1.165, 1.54) is 36.4 Å². The van der Waals surface area contributed by atoms with Crippen molar-refractivity contribution in [1.82, 2.24) is 15.5 Å². The van der Waals surface area contributed by atoms with Gasteiger partial charge in [0.1, 0.15) is 35.7 Å². The van der Waals surface area contributed by atoms with Crippen LogP contribution in [0.3, 0.4) is 0 Å². The molecule has 2 unspecified atom stereocenters. The predicted octanol–water partition coefficient (Wildman–Crippen LogP) is 1.38. The van der Waals surface area contributed by atoms with E-state index >= 15 is 0 Å². The second-order valence-corrected chi connectivity index (χ2v) is 9.61. The quantitative estimate of drug-likeness (QED) is 0.261. The van der Waals surface area contributed by atoms with Gasteiger partial charge < -0.3 is 40.3 Å². The molecule has 2 rings (SSSR count). The van der Waals surface area contributed by atoms with E-state index in [0.29, 0.717) is 5.56 Å². The van der Waals surface area contributed by atoms with Crippen LogP contribution in [0.2, 0.25) is 0 Å². The Hall–Kier alpha value is -4.32. The fourth-order valence-electron chi connectivity index (χ4n) is 3.65. The van der Waals surface area contributed by atoms with Crippen LogP contribution in [-0.4, -0.2) is 82.5 Å². The van der Waals surface area contributed by atoms with Gasteiger partial charge in [0.15, 0.2) is 0 Å². The molecule has 0 heterocycles. The van der Waals surface area contributed by atoms with Crippen LogP contribution >= 0.6 is 0 Å². The van der Waals surface area contributed by atoms with Gasteiger partial charge in [-0.3, -0.25) is 14.4 Å². The molecule has 2 atom stereocenters.